The number of anilines is 2. The highest BCUT2D eigenvalue weighted by Gasteiger charge is 2.18. The molecule has 0 radical (unpaired) electrons. The van der Waals surface area contributed by atoms with Crippen LogP contribution in [0.2, 0.25) is 0 Å². The maximum absolute atomic E-state index is 14.1. The van der Waals surface area contributed by atoms with Crippen LogP contribution in [0.15, 0.2) is 117 Å². The summed E-state index contributed by atoms with van der Waals surface area (Å²) < 4.78 is 15.5. The molecule has 41 heavy (non-hydrogen) atoms. The van der Waals surface area contributed by atoms with Crippen LogP contribution in [-0.2, 0) is 9.59 Å². The van der Waals surface area contributed by atoms with Crippen molar-refractivity contribution in [1.82, 2.24) is 5.32 Å². The van der Waals surface area contributed by atoms with E-state index in [2.05, 4.69) is 47.8 Å². The van der Waals surface area contributed by atoms with Crippen molar-refractivity contribution in [3.8, 4) is 0 Å². The number of nitrogens with one attached hydrogen (secondary N) is 3. The molecule has 0 saturated carbocycles. The maximum Gasteiger partial charge on any atom is 0.272 e. The lowest BCUT2D eigenvalue weighted by atomic mass is 10.1. The molecule has 4 aromatic carbocycles. The van der Waals surface area contributed by atoms with E-state index in [4.69, 9.17) is 0 Å². The number of thioether (sulfide) groups is 1. The molecule has 6 nitrogen and oxygen atoms in total. The minimum atomic E-state index is -0.554. The van der Waals surface area contributed by atoms with Gasteiger partial charge in [-0.05, 0) is 79.2 Å². The van der Waals surface area contributed by atoms with E-state index >= 15 is 0 Å². The lowest BCUT2D eigenvalue weighted by molar-refractivity contribution is -0.115. The van der Waals surface area contributed by atoms with Crippen molar-refractivity contribution in [3.05, 3.63) is 129 Å². The second-order valence-electron chi connectivity index (χ2n) is 8.79. The number of rotatable bonds is 9. The van der Waals surface area contributed by atoms with Crippen LogP contribution in [0.4, 0.5) is 15.8 Å². The summed E-state index contributed by atoms with van der Waals surface area (Å²) in [5, 5.41) is 7.59. The SMILES string of the molecule is CC(Sc1cccc(NC(=O)/C(=C\c2cccc(Br)c2)NC(=O)c2ccccc2)c1)C(=O)Nc1ccc(Br)cc1F. The molecular weight excluding hydrogens is 673 g/mol. The summed E-state index contributed by atoms with van der Waals surface area (Å²) in [6, 6.07) is 27.3. The third-order valence-electron chi connectivity index (χ3n) is 5.65. The normalized spacial score (nSPS) is 11.9. The molecule has 3 amide bonds. The number of halogens is 3. The molecule has 208 valence electrons. The van der Waals surface area contributed by atoms with Gasteiger partial charge in [0.2, 0.25) is 5.91 Å². The van der Waals surface area contributed by atoms with Gasteiger partial charge in [0.05, 0.1) is 10.9 Å². The smallest absolute Gasteiger partial charge is 0.272 e. The van der Waals surface area contributed by atoms with E-state index in [-0.39, 0.29) is 17.3 Å². The Hall–Kier alpha value is -3.73. The molecule has 1 atom stereocenters. The zero-order chi connectivity index (χ0) is 29.4. The van der Waals surface area contributed by atoms with Gasteiger partial charge in [-0.2, -0.15) is 0 Å². The third kappa shape index (κ3) is 8.88. The topological polar surface area (TPSA) is 87.3 Å². The Balaban J connectivity index is 1.48. The molecule has 4 aromatic rings. The van der Waals surface area contributed by atoms with Crippen molar-refractivity contribution < 1.29 is 18.8 Å². The second kappa shape index (κ2) is 14.2. The minimum Gasteiger partial charge on any atom is -0.323 e. The fourth-order valence-electron chi connectivity index (χ4n) is 3.63. The second-order valence-corrected chi connectivity index (χ2v) is 12.0. The van der Waals surface area contributed by atoms with E-state index in [9.17, 15) is 18.8 Å². The Bertz CT molecular complexity index is 1620. The van der Waals surface area contributed by atoms with Crippen molar-refractivity contribution in [2.24, 2.45) is 0 Å². The Morgan fingerprint density at radius 2 is 1.56 bits per heavy atom. The molecule has 0 aromatic heterocycles. The summed E-state index contributed by atoms with van der Waals surface area (Å²) in [4.78, 5) is 39.6. The molecule has 0 spiro atoms. The first-order valence-corrected chi connectivity index (χ1v) is 14.8. The van der Waals surface area contributed by atoms with Crippen LogP contribution in [-0.4, -0.2) is 23.0 Å². The first kappa shape index (κ1) is 30.2. The first-order chi connectivity index (χ1) is 19.7. The lowest BCUT2D eigenvalue weighted by Crippen LogP contribution is -2.30. The van der Waals surface area contributed by atoms with Crippen LogP contribution in [0.25, 0.3) is 6.08 Å². The van der Waals surface area contributed by atoms with Crippen LogP contribution in [0, 0.1) is 5.82 Å². The number of benzene rings is 4. The van der Waals surface area contributed by atoms with E-state index in [1.54, 1.807) is 73.7 Å². The number of carbonyl (C=O) groups excluding carboxylic acids is 3. The fraction of sp³-hybridized carbons (Fsp3) is 0.0645. The van der Waals surface area contributed by atoms with Crippen molar-refractivity contribution in [3.63, 3.8) is 0 Å². The molecule has 0 aliphatic heterocycles. The zero-order valence-electron chi connectivity index (χ0n) is 21.7. The van der Waals surface area contributed by atoms with Crippen LogP contribution in [0.5, 0.6) is 0 Å². The average Bonchev–Trinajstić information content (AvgIpc) is 2.94. The highest BCUT2D eigenvalue weighted by Crippen LogP contribution is 2.28. The van der Waals surface area contributed by atoms with Gasteiger partial charge in [-0.15, -0.1) is 11.8 Å². The van der Waals surface area contributed by atoms with Gasteiger partial charge in [0.25, 0.3) is 11.8 Å². The Kier molecular flexibility index (Phi) is 10.5. The number of amides is 3. The highest BCUT2D eigenvalue weighted by molar-refractivity contribution is 9.10. The Morgan fingerprint density at radius 1 is 0.829 bits per heavy atom. The molecule has 0 fully saturated rings. The van der Waals surface area contributed by atoms with E-state index in [1.807, 2.05) is 24.3 Å². The monoisotopic (exact) mass is 695 g/mol. The predicted molar refractivity (Wildman–Crippen MR) is 169 cm³/mol. The van der Waals surface area contributed by atoms with Gasteiger partial charge in [0.15, 0.2) is 0 Å². The van der Waals surface area contributed by atoms with Gasteiger partial charge < -0.3 is 16.0 Å². The molecule has 0 heterocycles. The van der Waals surface area contributed by atoms with Crippen LogP contribution < -0.4 is 16.0 Å². The first-order valence-electron chi connectivity index (χ1n) is 12.4. The number of carbonyl (C=O) groups is 3. The Labute approximate surface area is 258 Å². The van der Waals surface area contributed by atoms with Crippen LogP contribution in [0.1, 0.15) is 22.8 Å². The predicted octanol–water partition coefficient (Wildman–Crippen LogP) is 7.88. The van der Waals surface area contributed by atoms with E-state index in [0.29, 0.717) is 26.2 Å². The van der Waals surface area contributed by atoms with Crippen molar-refractivity contribution >= 4 is 78.8 Å². The van der Waals surface area contributed by atoms with Gasteiger partial charge in [0.1, 0.15) is 11.5 Å². The van der Waals surface area contributed by atoms with Crippen molar-refractivity contribution in [2.45, 2.75) is 17.1 Å². The molecule has 0 aliphatic carbocycles. The van der Waals surface area contributed by atoms with E-state index < -0.39 is 22.9 Å². The largest absolute Gasteiger partial charge is 0.323 e. The minimum absolute atomic E-state index is 0.0549. The van der Waals surface area contributed by atoms with Gasteiger partial charge in [-0.1, -0.05) is 68.3 Å². The van der Waals surface area contributed by atoms with Crippen molar-refractivity contribution in [1.29, 1.82) is 0 Å². The Morgan fingerprint density at radius 3 is 2.29 bits per heavy atom. The molecule has 4 rings (SSSR count). The number of hydrogen-bond acceptors (Lipinski definition) is 4. The third-order valence-corrected chi connectivity index (χ3v) is 7.73. The summed E-state index contributed by atoms with van der Waals surface area (Å²) in [5.74, 6) is -1.85. The van der Waals surface area contributed by atoms with Gasteiger partial charge in [0, 0.05) is 25.1 Å². The van der Waals surface area contributed by atoms with Gasteiger partial charge in [-0.3, -0.25) is 14.4 Å². The summed E-state index contributed by atoms with van der Waals surface area (Å²) >= 11 is 7.88. The quantitative estimate of drug-likeness (QED) is 0.123. The van der Waals surface area contributed by atoms with Gasteiger partial charge >= 0.3 is 0 Å². The standard InChI is InChI=1S/C31H24Br2FN3O3S/c1-19(29(38)36-27-14-13-23(33)17-26(27)34)41-25-12-6-11-24(18-25)35-31(40)28(16-20-7-5-10-22(32)15-20)37-30(39)21-8-3-2-4-9-21/h2-19H,1H3,(H,35,40)(H,36,38)(H,37,39)/b28-16+. The molecule has 3 N–H and O–H groups in total. The van der Waals surface area contributed by atoms with E-state index in [1.165, 1.54) is 23.9 Å². The molecular formula is C31H24Br2FN3O3S. The molecule has 1 unspecified atom stereocenters. The van der Waals surface area contributed by atoms with Crippen LogP contribution >= 0.6 is 43.6 Å². The molecule has 0 saturated heterocycles. The van der Waals surface area contributed by atoms with Crippen molar-refractivity contribution in [2.75, 3.05) is 10.6 Å². The average molecular weight is 697 g/mol. The lowest BCUT2D eigenvalue weighted by Gasteiger charge is -2.14. The zero-order valence-corrected chi connectivity index (χ0v) is 25.6. The number of hydrogen-bond donors (Lipinski definition) is 3. The highest BCUT2D eigenvalue weighted by atomic mass is 79.9. The summed E-state index contributed by atoms with van der Waals surface area (Å²) in [7, 11) is 0. The molecule has 0 bridgehead atoms. The maximum atomic E-state index is 14.1. The summed E-state index contributed by atoms with van der Waals surface area (Å²) in [6.07, 6.45) is 1.59. The summed E-state index contributed by atoms with van der Waals surface area (Å²) in [5.41, 5.74) is 1.74. The molecule has 10 heteroatoms. The van der Waals surface area contributed by atoms with Crippen LogP contribution in [0.3, 0.4) is 0 Å². The van der Waals surface area contributed by atoms with Gasteiger partial charge in [-0.25, -0.2) is 4.39 Å². The summed E-state index contributed by atoms with van der Waals surface area (Å²) in [6.45, 7) is 1.71. The van der Waals surface area contributed by atoms with E-state index in [0.717, 1.165) is 4.47 Å². The molecule has 0 aliphatic rings. The fourth-order valence-corrected chi connectivity index (χ4v) is 5.31.